The van der Waals surface area contributed by atoms with Gasteiger partial charge >= 0.3 is 0 Å². The van der Waals surface area contributed by atoms with Gasteiger partial charge in [-0.25, -0.2) is 0 Å². The first kappa shape index (κ1) is 26.2. The maximum absolute atomic E-state index is 14.5. The van der Waals surface area contributed by atoms with Crippen molar-refractivity contribution in [2.45, 2.75) is 71.4 Å². The molecule has 1 unspecified atom stereocenters. The van der Waals surface area contributed by atoms with Gasteiger partial charge in [-0.1, -0.05) is 101 Å². The van der Waals surface area contributed by atoms with Gasteiger partial charge in [0.25, 0.3) is 0 Å². The van der Waals surface area contributed by atoms with Crippen molar-refractivity contribution in [3.8, 4) is 11.1 Å². The van der Waals surface area contributed by atoms with E-state index >= 15 is 0 Å². The lowest BCUT2D eigenvalue weighted by Gasteiger charge is -2.34. The normalized spacial score (nSPS) is 16.5. The lowest BCUT2D eigenvalue weighted by atomic mass is 9.73. The summed E-state index contributed by atoms with van der Waals surface area (Å²) in [5, 5.41) is 13.3. The SMILES string of the molecule is CCCCN(CCCC)c1ccc2c3c(n(CCCC)c2c1)C(=O)C(O)(c1ccccc1)c1ccccc1-3. The molecule has 0 spiro atoms. The molecule has 1 N–H and O–H groups in total. The van der Waals surface area contributed by atoms with E-state index in [1.165, 1.54) is 5.69 Å². The number of aryl methyl sites for hydroxylation is 1. The maximum atomic E-state index is 14.5. The number of unbranched alkanes of at least 4 members (excludes halogenated alkanes) is 3. The Bertz CT molecular complexity index is 1410. The van der Waals surface area contributed by atoms with E-state index < -0.39 is 5.60 Å². The van der Waals surface area contributed by atoms with Gasteiger partial charge in [0.1, 0.15) is 0 Å². The minimum absolute atomic E-state index is 0.236. The van der Waals surface area contributed by atoms with Crippen LogP contribution in [0.3, 0.4) is 0 Å². The third kappa shape index (κ3) is 4.35. The number of anilines is 1. The number of carbonyl (C=O) groups excluding carboxylic acids is 1. The van der Waals surface area contributed by atoms with E-state index in [4.69, 9.17) is 0 Å². The van der Waals surface area contributed by atoms with Gasteiger partial charge in [0.05, 0.1) is 11.2 Å². The van der Waals surface area contributed by atoms with E-state index in [0.717, 1.165) is 80.2 Å². The van der Waals surface area contributed by atoms with Crippen molar-refractivity contribution < 1.29 is 9.90 Å². The molecule has 0 saturated heterocycles. The lowest BCUT2D eigenvalue weighted by Crippen LogP contribution is -2.41. The first-order valence-corrected chi connectivity index (χ1v) is 14.4. The van der Waals surface area contributed by atoms with Gasteiger partial charge in [0, 0.05) is 41.8 Å². The Kier molecular flexibility index (Phi) is 7.71. The van der Waals surface area contributed by atoms with Crippen LogP contribution in [0.1, 0.15) is 80.9 Å². The van der Waals surface area contributed by atoms with Crippen molar-refractivity contribution in [1.82, 2.24) is 4.57 Å². The average Bonchev–Trinajstić information content (AvgIpc) is 3.29. The van der Waals surface area contributed by atoms with Crippen LogP contribution in [0.2, 0.25) is 0 Å². The molecule has 4 nitrogen and oxygen atoms in total. The van der Waals surface area contributed by atoms with Crippen LogP contribution in [0.5, 0.6) is 0 Å². The first-order valence-electron chi connectivity index (χ1n) is 14.4. The summed E-state index contributed by atoms with van der Waals surface area (Å²) in [6.07, 6.45) is 6.64. The van der Waals surface area contributed by atoms with E-state index in [2.05, 4.69) is 54.5 Å². The number of ketones is 1. The molecule has 3 aromatic carbocycles. The number of rotatable bonds is 11. The minimum atomic E-state index is -1.72. The zero-order chi connectivity index (χ0) is 26.7. The Morgan fingerprint density at radius 1 is 0.816 bits per heavy atom. The highest BCUT2D eigenvalue weighted by atomic mass is 16.3. The highest BCUT2D eigenvalue weighted by molar-refractivity contribution is 6.19. The van der Waals surface area contributed by atoms with Gasteiger partial charge in [0.15, 0.2) is 5.60 Å². The maximum Gasteiger partial charge on any atom is 0.220 e. The third-order valence-electron chi connectivity index (χ3n) is 8.03. The predicted molar refractivity (Wildman–Crippen MR) is 158 cm³/mol. The van der Waals surface area contributed by atoms with Crippen LogP contribution in [0.4, 0.5) is 5.69 Å². The second kappa shape index (κ2) is 11.2. The fraction of sp³-hybridized carbons (Fsp3) is 0.382. The summed E-state index contributed by atoms with van der Waals surface area (Å²) < 4.78 is 2.20. The van der Waals surface area contributed by atoms with Crippen molar-refractivity contribution in [3.05, 3.63) is 89.6 Å². The Labute approximate surface area is 226 Å². The fourth-order valence-corrected chi connectivity index (χ4v) is 5.94. The summed E-state index contributed by atoms with van der Waals surface area (Å²) in [7, 11) is 0. The van der Waals surface area contributed by atoms with E-state index in [1.54, 1.807) is 0 Å². The van der Waals surface area contributed by atoms with Crippen LogP contribution in [0.15, 0.2) is 72.8 Å². The second-order valence-corrected chi connectivity index (χ2v) is 10.6. The van der Waals surface area contributed by atoms with Crippen molar-refractivity contribution in [1.29, 1.82) is 0 Å². The van der Waals surface area contributed by atoms with E-state index in [1.807, 2.05) is 48.5 Å². The van der Waals surface area contributed by atoms with Crippen LogP contribution in [-0.2, 0) is 12.1 Å². The predicted octanol–water partition coefficient (Wildman–Crippen LogP) is 7.95. The van der Waals surface area contributed by atoms with Gasteiger partial charge in [0.2, 0.25) is 5.78 Å². The van der Waals surface area contributed by atoms with Crippen molar-refractivity contribution in [2.75, 3.05) is 18.0 Å². The molecule has 1 aliphatic carbocycles. The molecule has 0 bridgehead atoms. The van der Waals surface area contributed by atoms with Crippen LogP contribution in [0.25, 0.3) is 22.0 Å². The molecule has 0 amide bonds. The Hall–Kier alpha value is -3.37. The summed E-state index contributed by atoms with van der Waals surface area (Å²) in [6.45, 7) is 9.47. The molecule has 0 aliphatic heterocycles. The largest absolute Gasteiger partial charge is 0.373 e. The molecule has 1 heterocycles. The van der Waals surface area contributed by atoms with Gasteiger partial charge < -0.3 is 14.6 Å². The molecule has 1 aliphatic rings. The van der Waals surface area contributed by atoms with Gasteiger partial charge in [-0.2, -0.15) is 0 Å². The minimum Gasteiger partial charge on any atom is -0.373 e. The summed E-state index contributed by atoms with van der Waals surface area (Å²) in [5.74, 6) is -0.236. The highest BCUT2D eigenvalue weighted by Crippen LogP contribution is 2.49. The van der Waals surface area contributed by atoms with E-state index in [0.29, 0.717) is 16.8 Å². The molecule has 1 aromatic heterocycles. The van der Waals surface area contributed by atoms with Crippen LogP contribution in [0, 0.1) is 0 Å². The summed E-state index contributed by atoms with van der Waals surface area (Å²) >= 11 is 0. The molecule has 4 heteroatoms. The number of hydrogen-bond donors (Lipinski definition) is 1. The molecule has 0 fully saturated rings. The number of carbonyl (C=O) groups is 1. The number of nitrogens with zero attached hydrogens (tertiary/aromatic N) is 2. The monoisotopic (exact) mass is 508 g/mol. The van der Waals surface area contributed by atoms with E-state index in [9.17, 15) is 9.90 Å². The summed E-state index contributed by atoms with van der Waals surface area (Å²) in [4.78, 5) is 17.0. The summed E-state index contributed by atoms with van der Waals surface area (Å²) in [5.41, 5.74) is 4.37. The number of aromatic nitrogens is 1. The van der Waals surface area contributed by atoms with Crippen molar-refractivity contribution >= 4 is 22.4 Å². The Morgan fingerprint density at radius 2 is 1.47 bits per heavy atom. The Balaban J connectivity index is 1.76. The first-order chi connectivity index (χ1) is 18.6. The zero-order valence-corrected chi connectivity index (χ0v) is 23.0. The topological polar surface area (TPSA) is 45.5 Å². The zero-order valence-electron chi connectivity index (χ0n) is 23.0. The average molecular weight is 509 g/mol. The molecule has 38 heavy (non-hydrogen) atoms. The standard InChI is InChI=1S/C34H40N2O2/c1-4-7-21-35(22-8-5-2)26-19-20-28-30(24-26)36(23-9-6-3)32-31(28)27-17-13-14-18-29(27)34(38,33(32)37)25-15-11-10-12-16-25/h10-20,24,38H,4-9,21-23H2,1-3H3. The van der Waals surface area contributed by atoms with Gasteiger partial charge in [-0.05, 0) is 42.5 Å². The van der Waals surface area contributed by atoms with Crippen molar-refractivity contribution in [2.24, 2.45) is 0 Å². The van der Waals surface area contributed by atoms with Crippen LogP contribution >= 0.6 is 0 Å². The number of Topliss-reactive ketones (excluding diaryl/α,β-unsaturated/α-hetero) is 1. The summed E-state index contributed by atoms with van der Waals surface area (Å²) in [6, 6.07) is 24.0. The molecule has 198 valence electrons. The third-order valence-corrected chi connectivity index (χ3v) is 8.03. The smallest absolute Gasteiger partial charge is 0.220 e. The van der Waals surface area contributed by atoms with Crippen LogP contribution < -0.4 is 4.90 Å². The molecular formula is C34H40N2O2. The quantitative estimate of drug-likeness (QED) is 0.224. The van der Waals surface area contributed by atoms with Crippen LogP contribution in [-0.4, -0.2) is 28.5 Å². The molecule has 4 aromatic rings. The molecule has 0 saturated carbocycles. The van der Waals surface area contributed by atoms with Crippen molar-refractivity contribution in [3.63, 3.8) is 0 Å². The second-order valence-electron chi connectivity index (χ2n) is 10.6. The number of fused-ring (bicyclic) bond motifs is 5. The highest BCUT2D eigenvalue weighted by Gasteiger charge is 2.48. The molecular weight excluding hydrogens is 468 g/mol. The Morgan fingerprint density at radius 3 is 2.16 bits per heavy atom. The molecule has 5 rings (SSSR count). The number of aliphatic hydroxyl groups is 1. The molecule has 0 radical (unpaired) electrons. The van der Waals surface area contributed by atoms with Gasteiger partial charge in [-0.3, -0.25) is 4.79 Å². The van der Waals surface area contributed by atoms with Gasteiger partial charge in [-0.15, -0.1) is 0 Å². The lowest BCUT2D eigenvalue weighted by molar-refractivity contribution is 0.0473. The number of benzene rings is 3. The molecule has 1 atom stereocenters. The van der Waals surface area contributed by atoms with E-state index in [-0.39, 0.29) is 5.78 Å². The number of hydrogen-bond acceptors (Lipinski definition) is 3. The fourth-order valence-electron chi connectivity index (χ4n) is 5.94.